The molecule has 4 heteroatoms. The van der Waals surface area contributed by atoms with E-state index in [4.69, 9.17) is 0 Å². The molecule has 1 atom stereocenters. The van der Waals surface area contributed by atoms with Gasteiger partial charge in [0.2, 0.25) is 0 Å². The predicted octanol–water partition coefficient (Wildman–Crippen LogP) is 3.02. The van der Waals surface area contributed by atoms with Gasteiger partial charge in [0.15, 0.2) is 0 Å². The largest absolute Gasteiger partial charge is 0.508 e. The van der Waals surface area contributed by atoms with E-state index in [1.54, 1.807) is 18.3 Å². The maximum atomic E-state index is 10.0. The van der Waals surface area contributed by atoms with Gasteiger partial charge >= 0.3 is 0 Å². The molecule has 0 unspecified atom stereocenters. The monoisotopic (exact) mass is 312 g/mol. The standard InChI is InChI=1S/C19H24N2O2/c22-13-15-6-8-21-19(11-15)16-9-14(10-18(23)12-16)4-5-17-3-1-2-7-20-17/h6,8-12,17,20,22-23H,1-5,7,13H2/t17-/m0/s1. The van der Waals surface area contributed by atoms with Crippen LogP contribution >= 0.6 is 0 Å². The Morgan fingerprint density at radius 2 is 2.04 bits per heavy atom. The van der Waals surface area contributed by atoms with Crippen LogP contribution in [-0.4, -0.2) is 27.8 Å². The number of aromatic hydroxyl groups is 1. The van der Waals surface area contributed by atoms with Crippen LogP contribution in [0.3, 0.4) is 0 Å². The molecular formula is C19H24N2O2. The highest BCUT2D eigenvalue weighted by atomic mass is 16.3. The van der Waals surface area contributed by atoms with Gasteiger partial charge in [-0.25, -0.2) is 0 Å². The predicted molar refractivity (Wildman–Crippen MR) is 91.2 cm³/mol. The van der Waals surface area contributed by atoms with Gasteiger partial charge in [-0.1, -0.05) is 6.42 Å². The molecule has 1 aromatic heterocycles. The number of benzene rings is 1. The second kappa shape index (κ2) is 7.57. The first kappa shape index (κ1) is 16.0. The number of phenols is 1. The molecule has 2 aromatic rings. The molecule has 23 heavy (non-hydrogen) atoms. The molecule has 1 fully saturated rings. The molecule has 0 spiro atoms. The number of aliphatic hydroxyl groups is 1. The Kier molecular flexibility index (Phi) is 5.26. The van der Waals surface area contributed by atoms with Crippen LogP contribution in [0.4, 0.5) is 0 Å². The summed E-state index contributed by atoms with van der Waals surface area (Å²) in [7, 11) is 0. The zero-order valence-electron chi connectivity index (χ0n) is 13.3. The van der Waals surface area contributed by atoms with E-state index in [1.807, 2.05) is 12.1 Å². The average molecular weight is 312 g/mol. The van der Waals surface area contributed by atoms with E-state index in [-0.39, 0.29) is 12.4 Å². The Balaban J connectivity index is 1.75. The van der Waals surface area contributed by atoms with Crippen molar-refractivity contribution < 1.29 is 10.2 Å². The van der Waals surface area contributed by atoms with Crippen LogP contribution in [0.2, 0.25) is 0 Å². The summed E-state index contributed by atoms with van der Waals surface area (Å²) < 4.78 is 0. The van der Waals surface area contributed by atoms with Gasteiger partial charge in [-0.3, -0.25) is 4.98 Å². The number of aromatic nitrogens is 1. The number of hydrogen-bond donors (Lipinski definition) is 3. The molecule has 0 saturated carbocycles. The first-order chi connectivity index (χ1) is 11.2. The summed E-state index contributed by atoms with van der Waals surface area (Å²) in [6.45, 7) is 1.11. The molecule has 3 N–H and O–H groups in total. The molecule has 0 radical (unpaired) electrons. The molecule has 0 amide bonds. The zero-order chi connectivity index (χ0) is 16.1. The van der Waals surface area contributed by atoms with Gasteiger partial charge in [0.25, 0.3) is 0 Å². The Morgan fingerprint density at radius 1 is 1.13 bits per heavy atom. The van der Waals surface area contributed by atoms with Crippen LogP contribution in [0.5, 0.6) is 5.75 Å². The van der Waals surface area contributed by atoms with Crippen molar-refractivity contribution >= 4 is 0 Å². The molecule has 1 aromatic carbocycles. The van der Waals surface area contributed by atoms with E-state index in [9.17, 15) is 10.2 Å². The first-order valence-electron chi connectivity index (χ1n) is 8.37. The minimum absolute atomic E-state index is 0.00541. The van der Waals surface area contributed by atoms with Crippen molar-refractivity contribution in [1.82, 2.24) is 10.3 Å². The molecule has 0 bridgehead atoms. The lowest BCUT2D eigenvalue weighted by molar-refractivity contribution is 0.282. The highest BCUT2D eigenvalue weighted by molar-refractivity contribution is 5.63. The van der Waals surface area contributed by atoms with E-state index >= 15 is 0 Å². The lowest BCUT2D eigenvalue weighted by atomic mass is 9.96. The number of hydrogen-bond acceptors (Lipinski definition) is 4. The number of piperidine rings is 1. The molecule has 1 aliphatic heterocycles. The fourth-order valence-corrected chi connectivity index (χ4v) is 3.21. The number of nitrogens with zero attached hydrogens (tertiary/aromatic N) is 1. The summed E-state index contributed by atoms with van der Waals surface area (Å²) >= 11 is 0. The van der Waals surface area contributed by atoms with Gasteiger partial charge in [-0.05, 0) is 73.7 Å². The summed E-state index contributed by atoms with van der Waals surface area (Å²) in [6.07, 6.45) is 7.55. The van der Waals surface area contributed by atoms with Crippen molar-refractivity contribution in [3.8, 4) is 17.0 Å². The highest BCUT2D eigenvalue weighted by Gasteiger charge is 2.13. The number of phenolic OH excluding ortho intramolecular Hbond substituents is 1. The zero-order valence-corrected chi connectivity index (χ0v) is 13.3. The van der Waals surface area contributed by atoms with Crippen LogP contribution < -0.4 is 5.32 Å². The topological polar surface area (TPSA) is 65.4 Å². The summed E-state index contributed by atoms with van der Waals surface area (Å²) in [4.78, 5) is 4.36. The third kappa shape index (κ3) is 4.30. The summed E-state index contributed by atoms with van der Waals surface area (Å²) in [5.41, 5.74) is 3.63. The Morgan fingerprint density at radius 3 is 2.83 bits per heavy atom. The quantitative estimate of drug-likeness (QED) is 0.794. The van der Waals surface area contributed by atoms with Gasteiger partial charge in [0, 0.05) is 17.8 Å². The van der Waals surface area contributed by atoms with Gasteiger partial charge in [-0.2, -0.15) is 0 Å². The van der Waals surface area contributed by atoms with E-state index in [1.165, 1.54) is 19.3 Å². The van der Waals surface area contributed by atoms with Crippen LogP contribution in [0.25, 0.3) is 11.3 Å². The van der Waals surface area contributed by atoms with Crippen molar-refractivity contribution in [1.29, 1.82) is 0 Å². The summed E-state index contributed by atoms with van der Waals surface area (Å²) in [5.74, 6) is 0.269. The van der Waals surface area contributed by atoms with E-state index in [0.29, 0.717) is 6.04 Å². The number of nitrogens with one attached hydrogen (secondary N) is 1. The molecule has 3 rings (SSSR count). The van der Waals surface area contributed by atoms with Crippen molar-refractivity contribution in [2.24, 2.45) is 0 Å². The van der Waals surface area contributed by atoms with Crippen LogP contribution in [0.1, 0.15) is 36.8 Å². The first-order valence-corrected chi connectivity index (χ1v) is 8.37. The van der Waals surface area contributed by atoms with Crippen molar-refractivity contribution in [3.05, 3.63) is 47.7 Å². The molecular weight excluding hydrogens is 288 g/mol. The highest BCUT2D eigenvalue weighted by Crippen LogP contribution is 2.26. The molecule has 4 nitrogen and oxygen atoms in total. The third-order valence-electron chi connectivity index (χ3n) is 4.47. The SMILES string of the molecule is OCc1ccnc(-c2cc(O)cc(CC[C@@H]3CCCCN3)c2)c1. The van der Waals surface area contributed by atoms with Crippen LogP contribution in [0, 0.1) is 0 Å². The second-order valence-electron chi connectivity index (χ2n) is 6.28. The van der Waals surface area contributed by atoms with Crippen molar-refractivity contribution in [2.45, 2.75) is 44.8 Å². The van der Waals surface area contributed by atoms with E-state index < -0.39 is 0 Å². The smallest absolute Gasteiger partial charge is 0.116 e. The molecule has 1 aliphatic rings. The average Bonchev–Trinajstić information content (AvgIpc) is 2.60. The van der Waals surface area contributed by atoms with Crippen molar-refractivity contribution in [3.63, 3.8) is 0 Å². The molecule has 1 saturated heterocycles. The maximum Gasteiger partial charge on any atom is 0.116 e. The molecule has 0 aliphatic carbocycles. The van der Waals surface area contributed by atoms with Gasteiger partial charge in [0.1, 0.15) is 5.75 Å². The number of rotatable bonds is 5. The molecule has 2 heterocycles. The van der Waals surface area contributed by atoms with Gasteiger partial charge in [-0.15, -0.1) is 0 Å². The maximum absolute atomic E-state index is 10.0. The minimum Gasteiger partial charge on any atom is -0.508 e. The van der Waals surface area contributed by atoms with Crippen LogP contribution in [0.15, 0.2) is 36.5 Å². The molecule has 122 valence electrons. The number of aliphatic hydroxyl groups excluding tert-OH is 1. The second-order valence-corrected chi connectivity index (χ2v) is 6.28. The lowest BCUT2D eigenvalue weighted by Gasteiger charge is -2.23. The minimum atomic E-state index is -0.00541. The van der Waals surface area contributed by atoms with E-state index in [0.717, 1.165) is 41.8 Å². The Labute approximate surface area is 137 Å². The normalized spacial score (nSPS) is 18.0. The van der Waals surface area contributed by atoms with Crippen molar-refractivity contribution in [2.75, 3.05) is 6.54 Å². The van der Waals surface area contributed by atoms with Crippen LogP contribution in [-0.2, 0) is 13.0 Å². The fraction of sp³-hybridized carbons (Fsp3) is 0.421. The Hall–Kier alpha value is -1.91. The lowest BCUT2D eigenvalue weighted by Crippen LogP contribution is -2.34. The van der Waals surface area contributed by atoms with Gasteiger partial charge < -0.3 is 15.5 Å². The van der Waals surface area contributed by atoms with E-state index in [2.05, 4.69) is 16.4 Å². The number of aryl methyl sites for hydroxylation is 1. The number of pyridine rings is 1. The third-order valence-corrected chi connectivity index (χ3v) is 4.47. The summed E-state index contributed by atoms with van der Waals surface area (Å²) in [6, 6.07) is 9.90. The fourth-order valence-electron chi connectivity index (χ4n) is 3.21. The Bertz CT molecular complexity index is 652. The summed E-state index contributed by atoms with van der Waals surface area (Å²) in [5, 5.41) is 22.9. The van der Waals surface area contributed by atoms with Gasteiger partial charge in [0.05, 0.1) is 12.3 Å².